The second-order valence-corrected chi connectivity index (χ2v) is 10.9. The first kappa shape index (κ1) is 37.1. The molecule has 1 amide bonds. The lowest BCUT2D eigenvalue weighted by Gasteiger charge is -2.26. The number of carbonyl (C=O) groups is 1. The number of aromatic nitrogens is 3. The van der Waals surface area contributed by atoms with Crippen LogP contribution in [0.1, 0.15) is 38.1 Å². The molecule has 0 bridgehead atoms. The Bertz CT molecular complexity index is 1920. The number of amides is 1. The number of hydrogen-bond donors (Lipinski definition) is 2. The van der Waals surface area contributed by atoms with E-state index in [9.17, 15) is 14.0 Å². The molecule has 3 aromatic heterocycles. The van der Waals surface area contributed by atoms with Crippen molar-refractivity contribution in [2.45, 2.75) is 27.7 Å². The summed E-state index contributed by atoms with van der Waals surface area (Å²) in [4.78, 5) is 39.8. The highest BCUT2D eigenvalue weighted by Gasteiger charge is 2.18. The van der Waals surface area contributed by atoms with Gasteiger partial charge < -0.3 is 24.5 Å². The first-order chi connectivity index (χ1) is 23.9. The minimum atomic E-state index is -0.748. The van der Waals surface area contributed by atoms with Crippen LogP contribution in [0, 0.1) is 11.6 Å². The fraction of sp³-hybridized carbons (Fsp3) is 0.278. The Kier molecular flexibility index (Phi) is 13.7. The molecular weight excluding hydrogens is 700 g/mol. The van der Waals surface area contributed by atoms with Gasteiger partial charge in [0.2, 0.25) is 11.3 Å². The molecule has 5 aromatic rings. The van der Waals surface area contributed by atoms with Crippen LogP contribution in [0.15, 0.2) is 82.6 Å². The Morgan fingerprint density at radius 1 is 1.00 bits per heavy atom. The summed E-state index contributed by atoms with van der Waals surface area (Å²) < 4.78 is 46.2. The number of anilines is 1. The second kappa shape index (κ2) is 18.2. The molecule has 0 radical (unpaired) electrons. The van der Waals surface area contributed by atoms with Gasteiger partial charge in [-0.05, 0) is 51.8 Å². The lowest BCUT2D eigenvalue weighted by molar-refractivity contribution is 0.0319. The van der Waals surface area contributed by atoms with Gasteiger partial charge in [-0.25, -0.2) is 13.8 Å². The molecule has 10 nitrogen and oxygen atoms in total. The molecule has 2 aromatic carbocycles. The van der Waals surface area contributed by atoms with Crippen LogP contribution in [-0.2, 0) is 4.74 Å². The molecule has 49 heavy (non-hydrogen) atoms. The molecule has 1 aliphatic heterocycles. The Morgan fingerprint density at radius 2 is 1.73 bits per heavy atom. The molecule has 1 aliphatic rings. The molecular formula is C36H38BrF2N5O5. The number of benzene rings is 2. The van der Waals surface area contributed by atoms with E-state index in [-0.39, 0.29) is 22.6 Å². The third-order valence-corrected chi connectivity index (χ3v) is 7.88. The predicted octanol–water partition coefficient (Wildman–Crippen LogP) is 7.83. The van der Waals surface area contributed by atoms with E-state index in [2.05, 4.69) is 41.1 Å². The van der Waals surface area contributed by atoms with E-state index in [1.54, 1.807) is 12.3 Å². The second-order valence-electron chi connectivity index (χ2n) is 10.1. The molecule has 6 rings (SSSR count). The summed E-state index contributed by atoms with van der Waals surface area (Å²) in [5, 5.41) is 3.07. The monoisotopic (exact) mass is 737 g/mol. The minimum absolute atomic E-state index is 0.0985. The van der Waals surface area contributed by atoms with Gasteiger partial charge in [0.15, 0.2) is 11.6 Å². The molecule has 1 fully saturated rings. The van der Waals surface area contributed by atoms with Gasteiger partial charge in [0.05, 0.1) is 24.1 Å². The van der Waals surface area contributed by atoms with Gasteiger partial charge in [0.25, 0.3) is 5.91 Å². The zero-order valence-corrected chi connectivity index (χ0v) is 29.3. The number of ether oxygens (including phenoxy) is 3. The van der Waals surface area contributed by atoms with E-state index in [4.69, 9.17) is 14.2 Å². The van der Waals surface area contributed by atoms with Crippen molar-refractivity contribution in [2.75, 3.05) is 44.8 Å². The van der Waals surface area contributed by atoms with Crippen LogP contribution in [0.2, 0.25) is 0 Å². The van der Waals surface area contributed by atoms with Crippen LogP contribution < -0.4 is 20.2 Å². The molecule has 2 N–H and O–H groups in total. The highest BCUT2D eigenvalue weighted by atomic mass is 79.9. The van der Waals surface area contributed by atoms with Crippen molar-refractivity contribution < 1.29 is 27.8 Å². The quantitative estimate of drug-likeness (QED) is 0.157. The number of nitrogens with zero attached hydrogens (tertiary/aromatic N) is 3. The van der Waals surface area contributed by atoms with E-state index in [0.29, 0.717) is 52.4 Å². The Balaban J connectivity index is 0.00000130. The predicted molar refractivity (Wildman–Crippen MR) is 190 cm³/mol. The largest absolute Gasteiger partial charge is 0.475 e. The molecule has 258 valence electrons. The lowest BCUT2D eigenvalue weighted by Crippen LogP contribution is -2.38. The third-order valence-electron chi connectivity index (χ3n) is 7.16. The maximum atomic E-state index is 15.2. The van der Waals surface area contributed by atoms with E-state index >= 15 is 4.39 Å². The maximum absolute atomic E-state index is 15.2. The number of halogens is 3. The highest BCUT2D eigenvalue weighted by Crippen LogP contribution is 2.36. The molecule has 0 unspecified atom stereocenters. The zero-order chi connectivity index (χ0) is 35.3. The van der Waals surface area contributed by atoms with E-state index in [1.807, 2.05) is 27.7 Å². The van der Waals surface area contributed by atoms with Gasteiger partial charge in [0.1, 0.15) is 28.2 Å². The van der Waals surface area contributed by atoms with Crippen molar-refractivity contribution in [3.63, 3.8) is 0 Å². The summed E-state index contributed by atoms with van der Waals surface area (Å²) in [6.45, 7) is 12.3. The normalized spacial score (nSPS) is 12.6. The van der Waals surface area contributed by atoms with Crippen LogP contribution in [-0.4, -0.2) is 65.2 Å². The number of H-pyrrole nitrogens is 1. The van der Waals surface area contributed by atoms with Crippen molar-refractivity contribution in [1.29, 1.82) is 0 Å². The molecule has 13 heteroatoms. The number of fused-ring (bicyclic) bond motifs is 1. The molecule has 1 saturated heterocycles. The summed E-state index contributed by atoms with van der Waals surface area (Å²) in [7, 11) is 0. The van der Waals surface area contributed by atoms with Gasteiger partial charge in [0, 0.05) is 61.7 Å². The van der Waals surface area contributed by atoms with Crippen LogP contribution >= 0.6 is 15.9 Å². The third kappa shape index (κ3) is 9.25. The minimum Gasteiger partial charge on any atom is -0.475 e. The van der Waals surface area contributed by atoms with Crippen LogP contribution in [0.25, 0.3) is 22.0 Å². The lowest BCUT2D eigenvalue weighted by atomic mass is 10.0. The first-order valence-electron chi connectivity index (χ1n) is 16.0. The van der Waals surface area contributed by atoms with Crippen LogP contribution in [0.5, 0.6) is 17.4 Å². The Labute approximate surface area is 291 Å². The smallest absolute Gasteiger partial charge is 0.261 e. The van der Waals surface area contributed by atoms with Crippen molar-refractivity contribution in [3.05, 3.63) is 105 Å². The number of pyridine rings is 3. The number of hydrogen-bond acceptors (Lipinski definition) is 8. The average Bonchev–Trinajstić information content (AvgIpc) is 3.13. The Hall–Kier alpha value is -4.72. The zero-order valence-electron chi connectivity index (χ0n) is 27.7. The van der Waals surface area contributed by atoms with Gasteiger partial charge in [-0.2, -0.15) is 0 Å². The van der Waals surface area contributed by atoms with Crippen molar-refractivity contribution >= 4 is 38.4 Å². The summed E-state index contributed by atoms with van der Waals surface area (Å²) in [6.07, 6.45) is 5.76. The fourth-order valence-corrected chi connectivity index (χ4v) is 5.33. The van der Waals surface area contributed by atoms with Gasteiger partial charge in [-0.3, -0.25) is 19.5 Å². The van der Waals surface area contributed by atoms with Crippen LogP contribution in [0.4, 0.5) is 14.5 Å². The summed E-state index contributed by atoms with van der Waals surface area (Å²) in [6, 6.07) is 10.8. The fourth-order valence-electron chi connectivity index (χ4n) is 4.80. The number of nitrogens with one attached hydrogen (secondary N) is 2. The summed E-state index contributed by atoms with van der Waals surface area (Å²) >= 11 is 3.53. The first-order valence-corrected chi connectivity index (χ1v) is 16.8. The molecule has 0 aliphatic carbocycles. The molecule has 0 saturated carbocycles. The highest BCUT2D eigenvalue weighted by molar-refractivity contribution is 9.10. The number of aromatic amines is 1. The molecule has 0 atom stereocenters. The molecule has 0 spiro atoms. The van der Waals surface area contributed by atoms with Gasteiger partial charge in [-0.1, -0.05) is 39.8 Å². The standard InChI is InChI=1S/C32H26BrF2N5O5.2C2H6/c33-28-29-23(18-38-32(28)44-14-11-40-9-12-43-13-10-40)26(7-8-37-29)45-27-6-5-21(15-25(27)35)39-31(42)24-17-36-16-22(30(24)41)19-1-3-20(34)4-2-19;2*1-2/h1-8,15-18H,9-14H2,(H,36,41)(H,39,42);2*1-2H3. The van der Waals surface area contributed by atoms with Crippen molar-refractivity contribution in [2.24, 2.45) is 0 Å². The van der Waals surface area contributed by atoms with Crippen molar-refractivity contribution in [1.82, 2.24) is 19.9 Å². The van der Waals surface area contributed by atoms with Crippen molar-refractivity contribution in [3.8, 4) is 28.5 Å². The summed E-state index contributed by atoms with van der Waals surface area (Å²) in [5.74, 6) is -1.34. The SMILES string of the molecule is CC.CC.O=C(Nc1ccc(Oc2ccnc3c(Br)c(OCCN4CCOCC4)ncc23)c(F)c1)c1c[nH]cc(-c2ccc(F)cc2)c1=O. The Morgan fingerprint density at radius 3 is 2.45 bits per heavy atom. The van der Waals surface area contributed by atoms with Gasteiger partial charge in [-0.15, -0.1) is 0 Å². The molecule has 4 heterocycles. The summed E-state index contributed by atoms with van der Waals surface area (Å²) in [5.41, 5.74) is 0.519. The maximum Gasteiger partial charge on any atom is 0.261 e. The number of rotatable bonds is 9. The average molecular weight is 739 g/mol. The van der Waals surface area contributed by atoms with E-state index in [0.717, 1.165) is 25.7 Å². The number of carbonyl (C=O) groups excluding carboxylic acids is 1. The van der Waals surface area contributed by atoms with Gasteiger partial charge >= 0.3 is 0 Å². The van der Waals surface area contributed by atoms with Crippen LogP contribution in [0.3, 0.4) is 0 Å². The topological polar surface area (TPSA) is 119 Å². The number of morpholine rings is 1. The van der Waals surface area contributed by atoms with E-state index in [1.165, 1.54) is 55.0 Å². The van der Waals surface area contributed by atoms with E-state index < -0.39 is 23.0 Å².